The topological polar surface area (TPSA) is 48.8 Å². The molecule has 4 heteroatoms. The van der Waals surface area contributed by atoms with Gasteiger partial charge in [-0.25, -0.2) is 0 Å². The van der Waals surface area contributed by atoms with Crippen LogP contribution in [0.5, 0.6) is 0 Å². The van der Waals surface area contributed by atoms with Gasteiger partial charge >= 0.3 is 0 Å². The molecule has 0 radical (unpaired) electrons. The molecule has 0 unspecified atom stereocenters. The Hall–Kier alpha value is -3.34. The molecule has 9 rings (SSSR count). The summed E-state index contributed by atoms with van der Waals surface area (Å²) in [4.78, 5) is 9.93. The van der Waals surface area contributed by atoms with Crippen molar-refractivity contribution in [3.63, 3.8) is 0 Å². The average molecular weight is 567 g/mol. The fraction of sp³-hybridized carbons (Fsp3) is 0.436. The van der Waals surface area contributed by atoms with Crippen molar-refractivity contribution in [2.45, 2.75) is 94.5 Å². The highest BCUT2D eigenvalue weighted by Gasteiger charge is 2.44. The highest BCUT2D eigenvalue weighted by Crippen LogP contribution is 2.55. The fourth-order valence-corrected chi connectivity index (χ4v) is 9.31. The molecule has 2 N–H and O–H groups in total. The number of hydrogen-bond acceptors (Lipinski definition) is 4. The monoisotopic (exact) mass is 566 g/mol. The van der Waals surface area contributed by atoms with Crippen molar-refractivity contribution in [1.29, 1.82) is 0 Å². The molecule has 0 amide bonds. The summed E-state index contributed by atoms with van der Waals surface area (Å²) in [7, 11) is 0. The van der Waals surface area contributed by atoms with E-state index >= 15 is 0 Å². The molecule has 2 atom stereocenters. The van der Waals surface area contributed by atoms with Gasteiger partial charge in [0, 0.05) is 42.5 Å². The maximum Gasteiger partial charge on any atom is 0.0666 e. The van der Waals surface area contributed by atoms with Gasteiger partial charge in [-0.05, 0) is 132 Å². The Morgan fingerprint density at radius 1 is 0.674 bits per heavy atom. The van der Waals surface area contributed by atoms with Crippen LogP contribution in [0.15, 0.2) is 70.8 Å². The molecule has 0 aromatic heterocycles. The van der Waals surface area contributed by atoms with Crippen LogP contribution in [0.1, 0.15) is 86.5 Å². The third-order valence-corrected chi connectivity index (χ3v) is 11.5. The lowest BCUT2D eigenvalue weighted by Crippen LogP contribution is -2.30. The van der Waals surface area contributed by atoms with Gasteiger partial charge in [-0.1, -0.05) is 55.3 Å². The first-order valence-electron chi connectivity index (χ1n) is 16.9. The Labute approximate surface area is 255 Å². The van der Waals surface area contributed by atoms with Crippen molar-refractivity contribution < 1.29 is 0 Å². The maximum atomic E-state index is 4.99. The number of allylic oxidation sites excluding steroid dienone is 1. The van der Waals surface area contributed by atoms with Crippen LogP contribution in [0.4, 0.5) is 5.69 Å². The first-order valence-corrected chi connectivity index (χ1v) is 16.9. The number of aliphatic imine (C=N–C) groups is 2. The molecule has 3 fully saturated rings. The van der Waals surface area contributed by atoms with Crippen LogP contribution in [0.3, 0.4) is 0 Å². The zero-order valence-corrected chi connectivity index (χ0v) is 25.2. The van der Waals surface area contributed by atoms with E-state index in [4.69, 9.17) is 9.98 Å². The van der Waals surface area contributed by atoms with Crippen LogP contribution in [0.25, 0.3) is 27.8 Å². The molecule has 218 valence electrons. The largest absolute Gasteiger partial charge is 0.309 e. The average Bonchev–Trinajstić information content (AvgIpc) is 3.88. The van der Waals surface area contributed by atoms with Crippen LogP contribution >= 0.6 is 0 Å². The summed E-state index contributed by atoms with van der Waals surface area (Å²) < 4.78 is 0. The minimum atomic E-state index is 0.362. The quantitative estimate of drug-likeness (QED) is 0.328. The molecule has 1 saturated carbocycles. The summed E-state index contributed by atoms with van der Waals surface area (Å²) in [6, 6.07) is 22.1. The van der Waals surface area contributed by atoms with Gasteiger partial charge in [0.2, 0.25) is 0 Å². The molecule has 4 heterocycles. The van der Waals surface area contributed by atoms with Crippen molar-refractivity contribution in [2.24, 2.45) is 9.98 Å². The molecular weight excluding hydrogens is 524 g/mol. The SMILES string of the molecule is C1=C(c2ccc(-c3ccc(-c4ccc5c(c4)CC([C@@H]4CCCN4)=N5)cc3)c3c2CCC32CCCC2)CC([C@@H]2CCCN2)=N1. The first-order chi connectivity index (χ1) is 21.2. The van der Waals surface area contributed by atoms with Gasteiger partial charge in [-0.15, -0.1) is 0 Å². The van der Waals surface area contributed by atoms with E-state index in [9.17, 15) is 0 Å². The van der Waals surface area contributed by atoms with Crippen LogP contribution in [-0.4, -0.2) is 36.6 Å². The van der Waals surface area contributed by atoms with Crippen LogP contribution in [0, 0.1) is 0 Å². The number of fused-ring (bicyclic) bond motifs is 3. The molecule has 0 bridgehead atoms. The van der Waals surface area contributed by atoms with E-state index in [-0.39, 0.29) is 0 Å². The number of hydrogen-bond donors (Lipinski definition) is 2. The van der Waals surface area contributed by atoms with Gasteiger partial charge in [0.1, 0.15) is 0 Å². The first kappa shape index (κ1) is 26.1. The van der Waals surface area contributed by atoms with Gasteiger partial charge in [-0.2, -0.15) is 0 Å². The lowest BCUT2D eigenvalue weighted by Gasteiger charge is -2.28. The van der Waals surface area contributed by atoms with Gasteiger partial charge in [-0.3, -0.25) is 9.98 Å². The second-order valence-corrected chi connectivity index (χ2v) is 14.0. The summed E-state index contributed by atoms with van der Waals surface area (Å²) in [5, 5.41) is 7.29. The van der Waals surface area contributed by atoms with Crippen molar-refractivity contribution >= 4 is 22.7 Å². The number of rotatable bonds is 5. The summed E-state index contributed by atoms with van der Waals surface area (Å²) in [5.41, 5.74) is 17.2. The maximum absolute atomic E-state index is 4.99. The van der Waals surface area contributed by atoms with Crippen molar-refractivity contribution in [3.8, 4) is 22.3 Å². The van der Waals surface area contributed by atoms with Gasteiger partial charge in [0.15, 0.2) is 0 Å². The van der Waals surface area contributed by atoms with Crippen LogP contribution in [0.2, 0.25) is 0 Å². The molecule has 2 aliphatic carbocycles. The summed E-state index contributed by atoms with van der Waals surface area (Å²) in [5.74, 6) is 0. The van der Waals surface area contributed by atoms with E-state index in [0.29, 0.717) is 17.5 Å². The van der Waals surface area contributed by atoms with Crippen LogP contribution < -0.4 is 10.6 Å². The molecule has 3 aromatic rings. The molecule has 4 aliphatic heterocycles. The molecule has 43 heavy (non-hydrogen) atoms. The Bertz CT molecular complexity index is 1670. The van der Waals surface area contributed by atoms with E-state index in [1.165, 1.54) is 115 Å². The predicted molar refractivity (Wildman–Crippen MR) is 179 cm³/mol. The predicted octanol–water partition coefficient (Wildman–Crippen LogP) is 8.10. The third kappa shape index (κ3) is 4.40. The highest BCUT2D eigenvalue weighted by atomic mass is 15.0. The second-order valence-electron chi connectivity index (χ2n) is 14.0. The lowest BCUT2D eigenvalue weighted by atomic mass is 9.76. The molecule has 3 aromatic carbocycles. The Kier molecular flexibility index (Phi) is 6.30. The fourth-order valence-electron chi connectivity index (χ4n) is 9.31. The Morgan fingerprint density at radius 3 is 2.16 bits per heavy atom. The zero-order valence-electron chi connectivity index (χ0n) is 25.2. The van der Waals surface area contributed by atoms with Crippen LogP contribution in [-0.2, 0) is 18.3 Å². The van der Waals surface area contributed by atoms with Gasteiger partial charge in [0.25, 0.3) is 0 Å². The number of nitrogens with one attached hydrogen (secondary N) is 2. The van der Waals surface area contributed by atoms with Gasteiger partial charge < -0.3 is 10.6 Å². The summed E-state index contributed by atoms with van der Waals surface area (Å²) in [6.07, 6.45) is 17.1. The molecule has 6 aliphatic rings. The third-order valence-electron chi connectivity index (χ3n) is 11.5. The van der Waals surface area contributed by atoms with E-state index in [2.05, 4.69) is 71.4 Å². The number of benzene rings is 3. The van der Waals surface area contributed by atoms with Crippen molar-refractivity contribution in [2.75, 3.05) is 13.1 Å². The minimum Gasteiger partial charge on any atom is -0.309 e. The molecule has 1 spiro atoms. The van der Waals surface area contributed by atoms with Crippen molar-refractivity contribution in [3.05, 3.63) is 83.1 Å². The zero-order chi connectivity index (χ0) is 28.4. The molecular formula is C39H42N4. The summed E-state index contributed by atoms with van der Waals surface area (Å²) in [6.45, 7) is 2.25. The van der Waals surface area contributed by atoms with E-state index in [0.717, 1.165) is 31.6 Å². The lowest BCUT2D eigenvalue weighted by molar-refractivity contribution is 0.440. The highest BCUT2D eigenvalue weighted by molar-refractivity contribution is 6.02. The van der Waals surface area contributed by atoms with Crippen molar-refractivity contribution in [1.82, 2.24) is 10.6 Å². The second kappa shape index (κ2) is 10.4. The molecule has 2 saturated heterocycles. The normalized spacial score (nSPS) is 25.3. The van der Waals surface area contributed by atoms with Gasteiger partial charge in [0.05, 0.1) is 5.69 Å². The Balaban J connectivity index is 1.02. The smallest absolute Gasteiger partial charge is 0.0666 e. The minimum absolute atomic E-state index is 0.362. The van der Waals surface area contributed by atoms with E-state index < -0.39 is 0 Å². The summed E-state index contributed by atoms with van der Waals surface area (Å²) >= 11 is 0. The number of nitrogens with zero attached hydrogens (tertiary/aromatic N) is 2. The standard InChI is InChI=1S/C39H42N4/c1-2-17-39(16-1)18-15-32-30(29-23-36(42-24-29)34-5-3-19-40-34)12-13-31(38(32)39)26-9-7-25(8-10-26)27-11-14-33-28(21-27)22-37(43-33)35-6-4-20-41-35/h7-14,21,24,34-35,40-41H,1-6,15-20,22-23H2/t34-,35-/m0/s1. The van der Waals surface area contributed by atoms with E-state index in [1.54, 1.807) is 11.1 Å². The van der Waals surface area contributed by atoms with E-state index in [1.807, 2.05) is 0 Å². The Morgan fingerprint density at radius 2 is 1.40 bits per heavy atom. The molecule has 4 nitrogen and oxygen atoms in total.